The molecule has 2 rings (SSSR count). The van der Waals surface area contributed by atoms with E-state index in [0.29, 0.717) is 12.6 Å². The molecule has 0 aromatic heterocycles. The summed E-state index contributed by atoms with van der Waals surface area (Å²) >= 11 is 0. The predicted molar refractivity (Wildman–Crippen MR) is 72.1 cm³/mol. The van der Waals surface area contributed by atoms with Gasteiger partial charge in [-0.15, -0.1) is 0 Å². The maximum atomic E-state index is 5.95. The van der Waals surface area contributed by atoms with Gasteiger partial charge in [0.1, 0.15) is 11.5 Å². The van der Waals surface area contributed by atoms with Crippen molar-refractivity contribution >= 4 is 0 Å². The molecular formula is C14H22N2O2. The summed E-state index contributed by atoms with van der Waals surface area (Å²) in [6.07, 6.45) is 2.53. The lowest BCUT2D eigenvalue weighted by Crippen LogP contribution is -2.32. The van der Waals surface area contributed by atoms with Crippen LogP contribution in [0.25, 0.3) is 0 Å². The summed E-state index contributed by atoms with van der Waals surface area (Å²) in [7, 11) is 5.50. The van der Waals surface area contributed by atoms with Crippen molar-refractivity contribution in [3.05, 3.63) is 23.8 Å². The Balaban J connectivity index is 2.32. The highest BCUT2D eigenvalue weighted by molar-refractivity contribution is 5.42. The number of ether oxygens (including phenoxy) is 2. The zero-order valence-electron chi connectivity index (χ0n) is 11.3. The van der Waals surface area contributed by atoms with Crippen LogP contribution in [-0.2, 0) is 0 Å². The normalized spacial score (nSPS) is 16.7. The van der Waals surface area contributed by atoms with Crippen molar-refractivity contribution in [2.75, 3.05) is 27.8 Å². The Bertz CT molecular complexity index is 405. The summed E-state index contributed by atoms with van der Waals surface area (Å²) in [6.45, 7) is 0.580. The van der Waals surface area contributed by atoms with Gasteiger partial charge in [0.05, 0.1) is 20.3 Å². The van der Waals surface area contributed by atoms with Crippen LogP contribution < -0.4 is 15.2 Å². The highest BCUT2D eigenvalue weighted by Gasteiger charge is 2.32. The molecule has 1 aromatic carbocycles. The fourth-order valence-corrected chi connectivity index (χ4v) is 2.35. The van der Waals surface area contributed by atoms with Gasteiger partial charge in [-0.3, -0.25) is 4.90 Å². The second kappa shape index (κ2) is 5.59. The molecule has 0 aliphatic heterocycles. The first-order valence-corrected chi connectivity index (χ1v) is 6.35. The van der Waals surface area contributed by atoms with E-state index in [-0.39, 0.29) is 6.04 Å². The molecule has 0 spiro atoms. The molecule has 1 fully saturated rings. The lowest BCUT2D eigenvalue weighted by molar-refractivity contribution is 0.234. The summed E-state index contributed by atoms with van der Waals surface area (Å²) in [5, 5.41) is 0. The van der Waals surface area contributed by atoms with E-state index in [9.17, 15) is 0 Å². The number of likely N-dealkylation sites (N-methyl/N-ethyl adjacent to an activating group) is 1. The summed E-state index contributed by atoms with van der Waals surface area (Å²) in [4.78, 5) is 2.34. The third-order valence-corrected chi connectivity index (χ3v) is 3.63. The van der Waals surface area contributed by atoms with Crippen LogP contribution in [0.4, 0.5) is 0 Å². The van der Waals surface area contributed by atoms with E-state index in [1.54, 1.807) is 14.2 Å². The highest BCUT2D eigenvalue weighted by atomic mass is 16.5. The summed E-state index contributed by atoms with van der Waals surface area (Å²) in [5.41, 5.74) is 7.05. The maximum absolute atomic E-state index is 5.95. The fraction of sp³-hybridized carbons (Fsp3) is 0.571. The Labute approximate surface area is 109 Å². The number of hydrogen-bond donors (Lipinski definition) is 1. The minimum absolute atomic E-state index is 0.183. The lowest BCUT2D eigenvalue weighted by atomic mass is 10.0. The average Bonchev–Trinajstić information content (AvgIpc) is 3.23. The molecule has 4 nitrogen and oxygen atoms in total. The largest absolute Gasteiger partial charge is 0.497 e. The number of nitrogens with zero attached hydrogens (tertiary/aromatic N) is 1. The smallest absolute Gasteiger partial charge is 0.123 e. The second-order valence-electron chi connectivity index (χ2n) is 4.76. The average molecular weight is 250 g/mol. The topological polar surface area (TPSA) is 47.7 Å². The van der Waals surface area contributed by atoms with Crippen molar-refractivity contribution in [1.29, 1.82) is 0 Å². The Morgan fingerprint density at radius 3 is 2.56 bits per heavy atom. The van der Waals surface area contributed by atoms with Crippen LogP contribution in [0.3, 0.4) is 0 Å². The molecule has 18 heavy (non-hydrogen) atoms. The van der Waals surface area contributed by atoms with E-state index in [1.807, 2.05) is 18.2 Å². The molecule has 0 bridgehead atoms. The van der Waals surface area contributed by atoms with Crippen molar-refractivity contribution in [3.63, 3.8) is 0 Å². The standard InChI is InChI=1S/C14H22N2O2/c1-16(10-4-5-10)13(9-15)12-8-11(17-2)6-7-14(12)18-3/h6-8,10,13H,4-5,9,15H2,1-3H3. The molecule has 1 saturated carbocycles. The monoisotopic (exact) mass is 250 g/mol. The molecule has 1 aliphatic carbocycles. The third kappa shape index (κ3) is 2.60. The Morgan fingerprint density at radius 1 is 1.33 bits per heavy atom. The number of hydrogen-bond acceptors (Lipinski definition) is 4. The van der Waals surface area contributed by atoms with Crippen molar-refractivity contribution < 1.29 is 9.47 Å². The fourth-order valence-electron chi connectivity index (χ4n) is 2.35. The van der Waals surface area contributed by atoms with Crippen LogP contribution in [0.5, 0.6) is 11.5 Å². The first-order chi connectivity index (χ1) is 8.71. The Hall–Kier alpha value is -1.26. The molecule has 0 heterocycles. The van der Waals surface area contributed by atoms with Crippen LogP contribution in [-0.4, -0.2) is 38.8 Å². The van der Waals surface area contributed by atoms with E-state index >= 15 is 0 Å². The number of nitrogens with two attached hydrogens (primary N) is 1. The maximum Gasteiger partial charge on any atom is 0.123 e. The predicted octanol–water partition coefficient (Wildman–Crippen LogP) is 1.80. The van der Waals surface area contributed by atoms with Crippen LogP contribution in [0.1, 0.15) is 24.4 Å². The molecule has 1 aromatic rings. The quantitative estimate of drug-likeness (QED) is 0.836. The van der Waals surface area contributed by atoms with Crippen LogP contribution >= 0.6 is 0 Å². The number of methoxy groups -OCH3 is 2. The molecule has 0 amide bonds. The van der Waals surface area contributed by atoms with Gasteiger partial charge < -0.3 is 15.2 Å². The zero-order chi connectivity index (χ0) is 13.1. The highest BCUT2D eigenvalue weighted by Crippen LogP contribution is 2.37. The van der Waals surface area contributed by atoms with Crippen molar-refractivity contribution in [2.45, 2.75) is 24.9 Å². The lowest BCUT2D eigenvalue weighted by Gasteiger charge is -2.28. The van der Waals surface area contributed by atoms with Gasteiger partial charge in [-0.25, -0.2) is 0 Å². The van der Waals surface area contributed by atoms with Crippen LogP contribution in [0, 0.1) is 0 Å². The van der Waals surface area contributed by atoms with Crippen molar-refractivity contribution in [1.82, 2.24) is 4.90 Å². The van der Waals surface area contributed by atoms with Crippen molar-refractivity contribution in [2.24, 2.45) is 5.73 Å². The van der Waals surface area contributed by atoms with E-state index in [0.717, 1.165) is 17.1 Å². The Kier molecular flexibility index (Phi) is 4.09. The van der Waals surface area contributed by atoms with Gasteiger partial charge >= 0.3 is 0 Å². The summed E-state index contributed by atoms with van der Waals surface area (Å²) in [6, 6.07) is 6.72. The van der Waals surface area contributed by atoms with Crippen LogP contribution in [0.15, 0.2) is 18.2 Å². The molecule has 4 heteroatoms. The van der Waals surface area contributed by atoms with Gasteiger partial charge in [-0.2, -0.15) is 0 Å². The summed E-state index contributed by atoms with van der Waals surface area (Å²) in [5.74, 6) is 1.71. The second-order valence-corrected chi connectivity index (χ2v) is 4.76. The molecule has 0 saturated heterocycles. The van der Waals surface area contributed by atoms with Gasteiger partial charge in [0.15, 0.2) is 0 Å². The van der Waals surface area contributed by atoms with Gasteiger partial charge in [-0.05, 0) is 38.1 Å². The minimum Gasteiger partial charge on any atom is -0.497 e. The molecule has 1 aliphatic rings. The van der Waals surface area contributed by atoms with E-state index in [1.165, 1.54) is 12.8 Å². The molecule has 100 valence electrons. The third-order valence-electron chi connectivity index (χ3n) is 3.63. The van der Waals surface area contributed by atoms with Crippen molar-refractivity contribution in [3.8, 4) is 11.5 Å². The number of rotatable bonds is 6. The van der Waals surface area contributed by atoms with E-state index in [2.05, 4.69) is 11.9 Å². The summed E-state index contributed by atoms with van der Waals surface area (Å²) < 4.78 is 10.7. The minimum atomic E-state index is 0.183. The molecule has 1 atom stereocenters. The first kappa shape index (κ1) is 13.2. The van der Waals surface area contributed by atoms with Gasteiger partial charge in [0.25, 0.3) is 0 Å². The van der Waals surface area contributed by atoms with Crippen LogP contribution in [0.2, 0.25) is 0 Å². The molecule has 0 radical (unpaired) electrons. The molecule has 1 unspecified atom stereocenters. The van der Waals surface area contributed by atoms with Gasteiger partial charge in [-0.1, -0.05) is 0 Å². The molecular weight excluding hydrogens is 228 g/mol. The van der Waals surface area contributed by atoms with Gasteiger partial charge in [0, 0.05) is 18.2 Å². The number of benzene rings is 1. The first-order valence-electron chi connectivity index (χ1n) is 6.35. The van der Waals surface area contributed by atoms with E-state index in [4.69, 9.17) is 15.2 Å². The Morgan fingerprint density at radius 2 is 2.06 bits per heavy atom. The zero-order valence-corrected chi connectivity index (χ0v) is 11.3. The van der Waals surface area contributed by atoms with E-state index < -0.39 is 0 Å². The SMILES string of the molecule is COc1ccc(OC)c(C(CN)N(C)C2CC2)c1. The van der Waals surface area contributed by atoms with Gasteiger partial charge in [0.2, 0.25) is 0 Å². The molecule has 2 N–H and O–H groups in total.